The highest BCUT2D eigenvalue weighted by Crippen LogP contribution is 2.63. The molecule has 0 bridgehead atoms. The van der Waals surface area contributed by atoms with Gasteiger partial charge in [0.25, 0.3) is 0 Å². The summed E-state index contributed by atoms with van der Waals surface area (Å²) >= 11 is 0. The number of fused-ring (bicyclic) bond motifs is 1. The number of nitrogens with two attached hydrogens (primary N) is 1. The lowest BCUT2D eigenvalue weighted by Crippen LogP contribution is -2.11. The van der Waals surface area contributed by atoms with E-state index in [1.807, 2.05) is 10.7 Å². The van der Waals surface area contributed by atoms with Gasteiger partial charge < -0.3 is 5.73 Å². The number of hydrogen-bond donors (Lipinski definition) is 1. The lowest BCUT2D eigenvalue weighted by atomic mass is 10.1. The van der Waals surface area contributed by atoms with Gasteiger partial charge in [-0.25, -0.2) is 4.98 Å². The average Bonchev–Trinajstić information content (AvgIpc) is 2.97. The van der Waals surface area contributed by atoms with Crippen LogP contribution in [0.2, 0.25) is 0 Å². The maximum absolute atomic E-state index is 13.2. The SMILES string of the molecule is CCC(C)n1nc(-c2cnc(N)c(C(F)(F)F)c2)cc1C1C2CCCC21. The van der Waals surface area contributed by atoms with Crippen molar-refractivity contribution in [3.8, 4) is 11.3 Å². The fourth-order valence-electron chi connectivity index (χ4n) is 4.43. The van der Waals surface area contributed by atoms with Crippen LogP contribution in [0.5, 0.6) is 0 Å². The summed E-state index contributed by atoms with van der Waals surface area (Å²) in [6.07, 6.45) is 1.56. The van der Waals surface area contributed by atoms with Crippen molar-refractivity contribution in [3.05, 3.63) is 29.6 Å². The summed E-state index contributed by atoms with van der Waals surface area (Å²) in [4.78, 5) is 3.75. The Hall–Kier alpha value is -2.05. The molecule has 140 valence electrons. The molecule has 0 aromatic carbocycles. The Kier molecular flexibility index (Phi) is 4.00. The molecule has 2 aliphatic rings. The zero-order valence-corrected chi connectivity index (χ0v) is 14.9. The molecule has 7 heteroatoms. The van der Waals surface area contributed by atoms with Gasteiger partial charge in [-0.3, -0.25) is 4.68 Å². The van der Waals surface area contributed by atoms with Crippen molar-refractivity contribution in [2.24, 2.45) is 11.8 Å². The Morgan fingerprint density at radius 3 is 2.58 bits per heavy atom. The first-order valence-electron chi connectivity index (χ1n) is 9.23. The van der Waals surface area contributed by atoms with Gasteiger partial charge in [0.2, 0.25) is 0 Å². The van der Waals surface area contributed by atoms with E-state index in [1.165, 1.54) is 25.5 Å². The van der Waals surface area contributed by atoms with E-state index < -0.39 is 17.6 Å². The molecule has 2 aliphatic carbocycles. The molecule has 3 atom stereocenters. The van der Waals surface area contributed by atoms with E-state index in [0.29, 0.717) is 17.2 Å². The average molecular weight is 364 g/mol. The van der Waals surface area contributed by atoms with Crippen LogP contribution < -0.4 is 5.73 Å². The van der Waals surface area contributed by atoms with Gasteiger partial charge >= 0.3 is 6.18 Å². The number of pyridine rings is 1. The van der Waals surface area contributed by atoms with E-state index >= 15 is 0 Å². The highest BCUT2D eigenvalue weighted by molar-refractivity contribution is 5.63. The molecule has 26 heavy (non-hydrogen) atoms. The number of hydrogen-bond acceptors (Lipinski definition) is 3. The van der Waals surface area contributed by atoms with Crippen LogP contribution in [0.15, 0.2) is 18.3 Å². The fourth-order valence-corrected chi connectivity index (χ4v) is 4.43. The highest BCUT2D eigenvalue weighted by atomic mass is 19.4. The molecule has 4 nitrogen and oxygen atoms in total. The molecule has 2 heterocycles. The molecule has 3 unspecified atom stereocenters. The second-order valence-corrected chi connectivity index (χ2v) is 7.60. The Labute approximate surface area is 150 Å². The summed E-state index contributed by atoms with van der Waals surface area (Å²) in [5, 5.41) is 4.66. The highest BCUT2D eigenvalue weighted by Gasteiger charge is 2.54. The van der Waals surface area contributed by atoms with Crippen molar-refractivity contribution in [1.82, 2.24) is 14.8 Å². The first-order valence-corrected chi connectivity index (χ1v) is 9.23. The minimum absolute atomic E-state index is 0.212. The summed E-state index contributed by atoms with van der Waals surface area (Å²) in [5.41, 5.74) is 6.59. The standard InChI is InChI=1S/C19H23F3N4/c1-3-10(2)26-16(17-12-5-4-6-13(12)17)8-15(25-26)11-7-14(19(20,21)22)18(23)24-9-11/h7-10,12-13,17H,3-6H2,1-2H3,(H2,23,24). The number of halogens is 3. The van der Waals surface area contributed by atoms with Crippen molar-refractivity contribution >= 4 is 5.82 Å². The van der Waals surface area contributed by atoms with E-state index in [9.17, 15) is 13.2 Å². The zero-order chi connectivity index (χ0) is 18.6. The van der Waals surface area contributed by atoms with Crippen molar-refractivity contribution in [3.63, 3.8) is 0 Å². The molecule has 0 spiro atoms. The van der Waals surface area contributed by atoms with Crippen LogP contribution >= 0.6 is 0 Å². The lowest BCUT2D eigenvalue weighted by Gasteiger charge is -2.14. The molecule has 2 saturated carbocycles. The minimum atomic E-state index is -4.53. The number of nitrogens with zero attached hydrogens (tertiary/aromatic N) is 3. The van der Waals surface area contributed by atoms with Crippen LogP contribution in [0.1, 0.15) is 62.7 Å². The summed E-state index contributed by atoms with van der Waals surface area (Å²) in [5.74, 6) is 1.44. The van der Waals surface area contributed by atoms with Crippen molar-refractivity contribution < 1.29 is 13.2 Å². The largest absolute Gasteiger partial charge is 0.419 e. The van der Waals surface area contributed by atoms with E-state index in [1.54, 1.807) is 0 Å². The van der Waals surface area contributed by atoms with Crippen LogP contribution in [0.4, 0.5) is 19.0 Å². The normalized spacial score (nSPS) is 26.0. The van der Waals surface area contributed by atoms with Gasteiger partial charge in [-0.1, -0.05) is 13.3 Å². The van der Waals surface area contributed by atoms with Gasteiger partial charge in [-0.15, -0.1) is 0 Å². The third-order valence-electron chi connectivity index (χ3n) is 6.04. The van der Waals surface area contributed by atoms with Crippen LogP contribution in [0.3, 0.4) is 0 Å². The van der Waals surface area contributed by atoms with Gasteiger partial charge in [-0.2, -0.15) is 18.3 Å². The van der Waals surface area contributed by atoms with Gasteiger partial charge in [-0.05, 0) is 50.2 Å². The Balaban J connectivity index is 1.75. The number of aromatic nitrogens is 3. The van der Waals surface area contributed by atoms with Crippen LogP contribution in [-0.4, -0.2) is 14.8 Å². The van der Waals surface area contributed by atoms with E-state index in [-0.39, 0.29) is 6.04 Å². The third kappa shape index (κ3) is 2.77. The summed E-state index contributed by atoms with van der Waals surface area (Å²) in [7, 11) is 0. The maximum atomic E-state index is 13.2. The molecule has 0 saturated heterocycles. The second kappa shape index (κ2) is 5.99. The van der Waals surface area contributed by atoms with E-state index in [2.05, 4.69) is 23.9 Å². The number of anilines is 1. The summed E-state index contributed by atoms with van der Waals surface area (Å²) in [6, 6.07) is 3.23. The second-order valence-electron chi connectivity index (χ2n) is 7.60. The smallest absolute Gasteiger partial charge is 0.383 e. The van der Waals surface area contributed by atoms with Crippen LogP contribution in [-0.2, 0) is 6.18 Å². The molecular formula is C19H23F3N4. The third-order valence-corrected chi connectivity index (χ3v) is 6.04. The molecular weight excluding hydrogens is 341 g/mol. The Morgan fingerprint density at radius 2 is 1.96 bits per heavy atom. The van der Waals surface area contributed by atoms with Crippen molar-refractivity contribution in [2.45, 2.75) is 57.7 Å². The maximum Gasteiger partial charge on any atom is 0.419 e. The predicted octanol–water partition coefficient (Wildman–Crippen LogP) is 5.03. The van der Waals surface area contributed by atoms with Gasteiger partial charge in [0.15, 0.2) is 0 Å². The molecule has 0 aliphatic heterocycles. The first-order chi connectivity index (χ1) is 12.3. The van der Waals surface area contributed by atoms with Crippen LogP contribution in [0.25, 0.3) is 11.3 Å². The number of alkyl halides is 3. The van der Waals surface area contributed by atoms with Crippen LogP contribution in [0, 0.1) is 11.8 Å². The monoisotopic (exact) mass is 364 g/mol. The Bertz CT molecular complexity index is 817. The number of nitrogen functional groups attached to an aromatic ring is 1. The topological polar surface area (TPSA) is 56.7 Å². The predicted molar refractivity (Wildman–Crippen MR) is 93.4 cm³/mol. The molecule has 4 rings (SSSR count). The molecule has 0 radical (unpaired) electrons. The van der Waals surface area contributed by atoms with E-state index in [0.717, 1.165) is 30.0 Å². The number of rotatable bonds is 4. The van der Waals surface area contributed by atoms with Crippen molar-refractivity contribution in [1.29, 1.82) is 0 Å². The minimum Gasteiger partial charge on any atom is -0.383 e. The fraction of sp³-hybridized carbons (Fsp3) is 0.579. The van der Waals surface area contributed by atoms with Gasteiger partial charge in [0.05, 0.1) is 11.3 Å². The zero-order valence-electron chi connectivity index (χ0n) is 14.9. The summed E-state index contributed by atoms with van der Waals surface area (Å²) in [6.45, 7) is 4.19. The van der Waals surface area contributed by atoms with Gasteiger partial charge in [0.1, 0.15) is 5.82 Å². The first kappa shape index (κ1) is 17.4. The molecule has 2 aromatic rings. The Morgan fingerprint density at radius 1 is 1.27 bits per heavy atom. The van der Waals surface area contributed by atoms with E-state index in [4.69, 9.17) is 5.73 Å². The molecule has 0 amide bonds. The van der Waals surface area contributed by atoms with Crippen molar-refractivity contribution in [2.75, 3.05) is 5.73 Å². The van der Waals surface area contributed by atoms with Gasteiger partial charge in [0, 0.05) is 29.4 Å². The molecule has 2 N–H and O–H groups in total. The summed E-state index contributed by atoms with van der Waals surface area (Å²) < 4.78 is 41.5. The lowest BCUT2D eigenvalue weighted by molar-refractivity contribution is -0.137. The molecule has 2 fully saturated rings. The quantitative estimate of drug-likeness (QED) is 0.828. The molecule has 2 aromatic heterocycles.